The molecule has 0 heterocycles. The van der Waals surface area contributed by atoms with Crippen LogP contribution in [0.1, 0.15) is 42.9 Å². The molecule has 0 aliphatic carbocycles. The molecule has 0 bridgehead atoms. The molecule has 2 N–H and O–H groups in total. The minimum atomic E-state index is 0.488. The van der Waals surface area contributed by atoms with Crippen molar-refractivity contribution >= 4 is 0 Å². The first-order chi connectivity index (χ1) is 9.65. The largest absolute Gasteiger partial charge is 0.457 e. The van der Waals surface area contributed by atoms with Gasteiger partial charge in [-0.3, -0.25) is 0 Å². The van der Waals surface area contributed by atoms with Crippen molar-refractivity contribution in [1.82, 2.24) is 0 Å². The highest BCUT2D eigenvalue weighted by molar-refractivity contribution is 5.44. The van der Waals surface area contributed by atoms with Gasteiger partial charge in [-0.25, -0.2) is 0 Å². The molecule has 1 atom stereocenters. The molecule has 2 aromatic rings. The number of benzene rings is 2. The van der Waals surface area contributed by atoms with Gasteiger partial charge in [-0.15, -0.1) is 0 Å². The highest BCUT2D eigenvalue weighted by Gasteiger charge is 2.08. The summed E-state index contributed by atoms with van der Waals surface area (Å²) in [5.41, 5.74) is 9.27. The van der Waals surface area contributed by atoms with E-state index >= 15 is 0 Å². The van der Waals surface area contributed by atoms with Crippen LogP contribution in [-0.4, -0.2) is 0 Å². The van der Waals surface area contributed by atoms with E-state index in [-0.39, 0.29) is 0 Å². The van der Waals surface area contributed by atoms with Crippen molar-refractivity contribution in [2.24, 2.45) is 5.73 Å². The first kappa shape index (κ1) is 14.6. The van der Waals surface area contributed by atoms with Crippen molar-refractivity contribution in [2.75, 3.05) is 0 Å². The molecule has 0 saturated heterocycles. The first-order valence-electron chi connectivity index (χ1n) is 7.22. The Morgan fingerprint density at radius 2 is 1.80 bits per heavy atom. The third-order valence-corrected chi connectivity index (χ3v) is 3.79. The van der Waals surface area contributed by atoms with E-state index in [0.717, 1.165) is 29.0 Å². The van der Waals surface area contributed by atoms with Crippen LogP contribution in [0.25, 0.3) is 0 Å². The lowest BCUT2D eigenvalue weighted by Gasteiger charge is -2.14. The lowest BCUT2D eigenvalue weighted by molar-refractivity contribution is 0.472. The maximum atomic E-state index is 6.02. The highest BCUT2D eigenvalue weighted by Crippen LogP contribution is 2.30. The van der Waals surface area contributed by atoms with Gasteiger partial charge in [-0.2, -0.15) is 0 Å². The van der Waals surface area contributed by atoms with E-state index in [0.29, 0.717) is 12.5 Å². The van der Waals surface area contributed by atoms with E-state index in [4.69, 9.17) is 10.5 Å². The van der Waals surface area contributed by atoms with Crippen molar-refractivity contribution in [3.05, 3.63) is 59.2 Å². The molecule has 0 saturated carbocycles. The summed E-state index contributed by atoms with van der Waals surface area (Å²) in [5.74, 6) is 2.33. The highest BCUT2D eigenvalue weighted by atomic mass is 16.5. The Morgan fingerprint density at radius 1 is 1.10 bits per heavy atom. The van der Waals surface area contributed by atoms with Gasteiger partial charge in [0.05, 0.1) is 0 Å². The molecule has 0 aliphatic rings. The maximum absolute atomic E-state index is 6.02. The standard InChI is InChI=1S/C18H23NO/c1-4-13(2)15-8-10-17(11-9-15)20-18-14(3)6-5-7-16(18)12-19/h5-11,13H,4,12,19H2,1-3H3. The zero-order valence-electron chi connectivity index (χ0n) is 12.5. The smallest absolute Gasteiger partial charge is 0.134 e. The van der Waals surface area contributed by atoms with E-state index in [1.165, 1.54) is 5.56 Å². The normalized spacial score (nSPS) is 12.2. The molecule has 2 nitrogen and oxygen atoms in total. The molecule has 1 unspecified atom stereocenters. The summed E-state index contributed by atoms with van der Waals surface area (Å²) in [7, 11) is 0. The van der Waals surface area contributed by atoms with E-state index in [2.05, 4.69) is 26.0 Å². The molecule has 2 aromatic carbocycles. The molecule has 106 valence electrons. The minimum absolute atomic E-state index is 0.488. The van der Waals surface area contributed by atoms with Crippen LogP contribution in [0.15, 0.2) is 42.5 Å². The van der Waals surface area contributed by atoms with Gasteiger partial charge in [0.1, 0.15) is 11.5 Å². The average molecular weight is 269 g/mol. The molecule has 0 aliphatic heterocycles. The molecule has 0 spiro atoms. The summed E-state index contributed by atoms with van der Waals surface area (Å²) >= 11 is 0. The van der Waals surface area contributed by atoms with Gasteiger partial charge in [0.2, 0.25) is 0 Å². The SMILES string of the molecule is CCC(C)c1ccc(Oc2c(C)cccc2CN)cc1. The van der Waals surface area contributed by atoms with Crippen LogP contribution in [0.2, 0.25) is 0 Å². The lowest BCUT2D eigenvalue weighted by Crippen LogP contribution is -2.01. The molecule has 0 fully saturated rings. The Hall–Kier alpha value is -1.80. The fraction of sp³-hybridized carbons (Fsp3) is 0.333. The van der Waals surface area contributed by atoms with Gasteiger partial charge in [-0.1, -0.05) is 44.2 Å². The predicted molar refractivity (Wildman–Crippen MR) is 84.3 cm³/mol. The fourth-order valence-electron chi connectivity index (χ4n) is 2.24. The quantitative estimate of drug-likeness (QED) is 0.849. The van der Waals surface area contributed by atoms with Gasteiger partial charge >= 0.3 is 0 Å². The number of ether oxygens (including phenoxy) is 1. The fourth-order valence-corrected chi connectivity index (χ4v) is 2.24. The van der Waals surface area contributed by atoms with Crippen molar-refractivity contribution in [2.45, 2.75) is 39.7 Å². The number of para-hydroxylation sites is 1. The second-order valence-electron chi connectivity index (χ2n) is 5.25. The summed E-state index contributed by atoms with van der Waals surface area (Å²) in [6, 6.07) is 14.4. The van der Waals surface area contributed by atoms with Crippen molar-refractivity contribution < 1.29 is 4.74 Å². The lowest BCUT2D eigenvalue weighted by atomic mass is 9.99. The van der Waals surface area contributed by atoms with Crippen molar-refractivity contribution in [3.8, 4) is 11.5 Å². The molecule has 2 rings (SSSR count). The summed E-state index contributed by atoms with van der Waals surface area (Å²) in [6.07, 6.45) is 1.15. The van der Waals surface area contributed by atoms with Crippen molar-refractivity contribution in [3.63, 3.8) is 0 Å². The Balaban J connectivity index is 2.22. The number of rotatable bonds is 5. The Labute approximate surface area is 121 Å². The zero-order chi connectivity index (χ0) is 14.5. The summed E-state index contributed by atoms with van der Waals surface area (Å²) in [4.78, 5) is 0. The number of aryl methyl sites for hydroxylation is 1. The molecule has 0 amide bonds. The van der Waals surface area contributed by atoms with Crippen molar-refractivity contribution in [1.29, 1.82) is 0 Å². The molecule has 0 radical (unpaired) electrons. The van der Waals surface area contributed by atoms with E-state index < -0.39 is 0 Å². The molecule has 2 heteroatoms. The second-order valence-corrected chi connectivity index (χ2v) is 5.25. The van der Waals surface area contributed by atoms with E-state index in [1.807, 2.05) is 37.3 Å². The zero-order valence-corrected chi connectivity index (χ0v) is 12.5. The van der Waals surface area contributed by atoms with Crippen LogP contribution in [-0.2, 0) is 6.54 Å². The van der Waals surface area contributed by atoms with Crippen LogP contribution in [0.4, 0.5) is 0 Å². The topological polar surface area (TPSA) is 35.2 Å². The first-order valence-corrected chi connectivity index (χ1v) is 7.22. The third-order valence-electron chi connectivity index (χ3n) is 3.79. The van der Waals surface area contributed by atoms with Gasteiger partial charge in [0.15, 0.2) is 0 Å². The van der Waals surface area contributed by atoms with Crippen LogP contribution >= 0.6 is 0 Å². The Bertz CT molecular complexity index is 560. The van der Waals surface area contributed by atoms with Crippen LogP contribution < -0.4 is 10.5 Å². The molecular formula is C18H23NO. The molecule has 0 aromatic heterocycles. The van der Waals surface area contributed by atoms with Crippen LogP contribution in [0.5, 0.6) is 11.5 Å². The monoisotopic (exact) mass is 269 g/mol. The van der Waals surface area contributed by atoms with E-state index in [1.54, 1.807) is 0 Å². The predicted octanol–water partition coefficient (Wildman–Crippen LogP) is 4.76. The summed E-state index contributed by atoms with van der Waals surface area (Å²) < 4.78 is 6.02. The summed E-state index contributed by atoms with van der Waals surface area (Å²) in [5, 5.41) is 0. The maximum Gasteiger partial charge on any atom is 0.134 e. The minimum Gasteiger partial charge on any atom is -0.457 e. The number of nitrogens with two attached hydrogens (primary N) is 1. The van der Waals surface area contributed by atoms with Gasteiger partial charge in [0.25, 0.3) is 0 Å². The van der Waals surface area contributed by atoms with E-state index in [9.17, 15) is 0 Å². The number of hydrogen-bond acceptors (Lipinski definition) is 2. The van der Waals surface area contributed by atoms with Gasteiger partial charge in [0, 0.05) is 12.1 Å². The average Bonchev–Trinajstić information content (AvgIpc) is 2.49. The van der Waals surface area contributed by atoms with Gasteiger partial charge < -0.3 is 10.5 Å². The number of hydrogen-bond donors (Lipinski definition) is 1. The molecular weight excluding hydrogens is 246 g/mol. The second kappa shape index (κ2) is 6.58. The third kappa shape index (κ3) is 3.20. The van der Waals surface area contributed by atoms with Crippen LogP contribution in [0.3, 0.4) is 0 Å². The molecule has 20 heavy (non-hydrogen) atoms. The Kier molecular flexibility index (Phi) is 4.80. The Morgan fingerprint density at radius 3 is 2.40 bits per heavy atom. The van der Waals surface area contributed by atoms with Gasteiger partial charge in [-0.05, 0) is 42.5 Å². The summed E-state index contributed by atoms with van der Waals surface area (Å²) in [6.45, 7) is 6.98. The van der Waals surface area contributed by atoms with Crippen LogP contribution in [0, 0.1) is 6.92 Å².